The van der Waals surface area contributed by atoms with Crippen LogP contribution < -0.4 is 41.6 Å². The molecule has 2 aliphatic rings. The van der Waals surface area contributed by atoms with Gasteiger partial charge in [0, 0.05) is 36.8 Å². The number of carboxylic acid groups (broad SMARTS) is 2. The summed E-state index contributed by atoms with van der Waals surface area (Å²) < 4.78 is 11.7. The molecule has 7 amide bonds. The van der Waals surface area contributed by atoms with Gasteiger partial charge in [0.15, 0.2) is 0 Å². The first kappa shape index (κ1) is 46.2. The van der Waals surface area contributed by atoms with Gasteiger partial charge < -0.3 is 36.8 Å². The molecule has 308 valence electrons. The molecule has 2 fully saturated rings. The molecule has 56 heavy (non-hydrogen) atoms. The number of Topliss-reactive ketones (excluding diaryl/α,β-unsaturated/α-hetero) is 1. The molecule has 1 unspecified atom stereocenters. The Balaban J connectivity index is 1.27. The van der Waals surface area contributed by atoms with Gasteiger partial charge in [0.05, 0.1) is 12.1 Å². The third-order valence-corrected chi connectivity index (χ3v) is 12.6. The van der Waals surface area contributed by atoms with E-state index in [2.05, 4.69) is 31.9 Å². The van der Waals surface area contributed by atoms with Crippen LogP contribution in [0.15, 0.2) is 24.3 Å². The van der Waals surface area contributed by atoms with Crippen molar-refractivity contribution < 1.29 is 52.3 Å². The van der Waals surface area contributed by atoms with Gasteiger partial charge in [-0.3, -0.25) is 14.4 Å². The van der Waals surface area contributed by atoms with Gasteiger partial charge >= 0.3 is 146 Å². The quantitative estimate of drug-likeness (QED) is 0.0331. The van der Waals surface area contributed by atoms with Crippen LogP contribution in [0.2, 0.25) is 0 Å². The number of rotatable bonds is 27. The number of ketones is 1. The first-order valence-electron chi connectivity index (χ1n) is 18.4. The second-order valence-electron chi connectivity index (χ2n) is 13.3. The molecule has 2 heterocycles. The van der Waals surface area contributed by atoms with E-state index in [1.165, 1.54) is 0 Å². The number of thioether (sulfide) groups is 2. The Kier molecular flexibility index (Phi) is 20.8. The average molecular weight is 884 g/mol. The molecule has 1 aromatic rings. The van der Waals surface area contributed by atoms with Gasteiger partial charge in [0.25, 0.3) is 0 Å². The Morgan fingerprint density at radius 1 is 0.821 bits per heavy atom. The maximum atomic E-state index is 12.7. The van der Waals surface area contributed by atoms with Crippen molar-refractivity contribution in [1.29, 1.82) is 0 Å². The van der Waals surface area contributed by atoms with Crippen LogP contribution >= 0.6 is 23.5 Å². The van der Waals surface area contributed by atoms with Crippen LogP contribution in [-0.2, 0) is 32.5 Å². The Morgan fingerprint density at radius 2 is 1.50 bits per heavy atom. The summed E-state index contributed by atoms with van der Waals surface area (Å²) in [6.45, 7) is -0.0849. The van der Waals surface area contributed by atoms with Crippen LogP contribution in [0.5, 0.6) is 0 Å². The monoisotopic (exact) mass is 883 g/mol. The Bertz CT molecular complexity index is 1560. The zero-order valence-electron chi connectivity index (χ0n) is 30.8. The van der Waals surface area contributed by atoms with Gasteiger partial charge in [-0.1, -0.05) is 19.3 Å². The van der Waals surface area contributed by atoms with Crippen molar-refractivity contribution in [2.24, 2.45) is 0 Å². The molecule has 0 spiro atoms. The van der Waals surface area contributed by atoms with E-state index in [1.54, 1.807) is 24.3 Å². The second-order valence-corrected chi connectivity index (χ2v) is 17.1. The molecule has 0 aromatic heterocycles. The SMILES string of the molecule is O=[As]c1ccc(NC(=O)CSC[C@H](NC(=O)CC[C@H](NC(=O)CCCCCCNC(=O)CCCCC2SC[C@@H]3NC(=O)N[C@H]23)C(=O)O)C(=O)CNC(=O)O)cc1. The van der Waals surface area contributed by atoms with E-state index < -0.39 is 69.9 Å². The first-order chi connectivity index (χ1) is 26.8. The number of carboxylic acids is 1. The summed E-state index contributed by atoms with van der Waals surface area (Å²) in [5, 5.41) is 37.2. The molecule has 9 N–H and O–H groups in total. The fraction of sp³-hybridized carbons (Fsp3) is 0.600. The maximum absolute atomic E-state index is 12.7. The van der Waals surface area contributed by atoms with Crippen LogP contribution in [0.25, 0.3) is 0 Å². The molecule has 18 nitrogen and oxygen atoms in total. The van der Waals surface area contributed by atoms with Gasteiger partial charge in [-0.2, -0.15) is 11.8 Å². The zero-order valence-corrected chi connectivity index (χ0v) is 34.4. The van der Waals surface area contributed by atoms with E-state index in [0.29, 0.717) is 41.1 Å². The molecule has 0 radical (unpaired) electrons. The number of fused-ring (bicyclic) bond motifs is 1. The van der Waals surface area contributed by atoms with E-state index in [9.17, 15) is 47.2 Å². The van der Waals surface area contributed by atoms with E-state index >= 15 is 0 Å². The van der Waals surface area contributed by atoms with Crippen molar-refractivity contribution >= 4 is 96.8 Å². The molecule has 0 bridgehead atoms. The number of carbonyl (C=O) groups excluding carboxylic acids is 6. The topological polar surface area (TPSA) is 278 Å². The minimum absolute atomic E-state index is 0.0103. The summed E-state index contributed by atoms with van der Waals surface area (Å²) in [7, 11) is 0. The molecule has 5 atom stereocenters. The van der Waals surface area contributed by atoms with Crippen LogP contribution in [0, 0.1) is 0 Å². The number of amides is 7. The summed E-state index contributed by atoms with van der Waals surface area (Å²) in [5.74, 6) is -2.88. The Hall–Kier alpha value is -4.16. The van der Waals surface area contributed by atoms with Gasteiger partial charge in [-0.15, -0.1) is 0 Å². The van der Waals surface area contributed by atoms with Gasteiger partial charge in [0.2, 0.25) is 11.8 Å². The standard InChI is InChI=1S/C35H50AsN7O11S2/c44-26(17-38-35(52)53)24(18-55-20-31(48)39-22-12-10-21(36-54)11-13-22)41-30(47)15-14-23(33(49)50)40-29(46)9-3-1-2-6-16-37-28(45)8-5-4-7-27-32-25(19-56-27)42-34(51)43-32/h10-13,23-25,27,32,38H,1-9,14-20H2,(H,37,45)(H,39,48)(H,40,46)(H,41,47)(H,49,50)(H,52,53)(H2,42,43,51)/t23-,24-,25-,27?,32-/m0/s1. The predicted octanol–water partition coefficient (Wildman–Crippen LogP) is 0.497. The molecule has 0 aliphatic carbocycles. The van der Waals surface area contributed by atoms with E-state index in [4.69, 9.17) is 5.11 Å². The van der Waals surface area contributed by atoms with Gasteiger partial charge in [-0.25, -0.2) is 14.4 Å². The molecule has 21 heteroatoms. The van der Waals surface area contributed by atoms with Crippen LogP contribution in [0.3, 0.4) is 0 Å². The van der Waals surface area contributed by atoms with Crippen molar-refractivity contribution in [3.63, 3.8) is 0 Å². The molecule has 2 aliphatic heterocycles. The van der Waals surface area contributed by atoms with Gasteiger partial charge in [-0.05, 0) is 32.1 Å². The molecule has 1 aromatic carbocycles. The number of urea groups is 1. The number of carbonyl (C=O) groups is 8. The molecular weight excluding hydrogens is 833 g/mol. The molecular formula is C35H50AsN7O11S2. The number of aliphatic carboxylic acids is 1. The fourth-order valence-electron chi connectivity index (χ4n) is 5.99. The summed E-state index contributed by atoms with van der Waals surface area (Å²) in [5.41, 5.74) is 0.481. The van der Waals surface area contributed by atoms with E-state index in [-0.39, 0.29) is 54.8 Å². The molecule has 3 rings (SSSR count). The third kappa shape index (κ3) is 17.7. The number of hydrogen-bond donors (Lipinski definition) is 9. The Labute approximate surface area is 339 Å². The third-order valence-electron chi connectivity index (χ3n) is 8.94. The fourth-order valence-corrected chi connectivity index (χ4v) is 8.99. The molecule has 0 saturated carbocycles. The molecule has 2 saturated heterocycles. The van der Waals surface area contributed by atoms with E-state index in [1.807, 2.05) is 17.1 Å². The van der Waals surface area contributed by atoms with Crippen LogP contribution in [-0.4, -0.2) is 133 Å². The number of benzene rings is 1. The van der Waals surface area contributed by atoms with Crippen molar-refractivity contribution in [3.8, 4) is 0 Å². The number of unbranched alkanes of at least 4 members (excludes halogenated alkanes) is 4. The van der Waals surface area contributed by atoms with Crippen molar-refractivity contribution in [2.45, 2.75) is 100 Å². The predicted molar refractivity (Wildman–Crippen MR) is 210 cm³/mol. The van der Waals surface area contributed by atoms with Crippen LogP contribution in [0.1, 0.15) is 70.6 Å². The first-order valence-corrected chi connectivity index (χ1v) is 22.3. The summed E-state index contributed by atoms with van der Waals surface area (Å²) in [6.07, 6.45) is 3.77. The number of nitrogens with one attached hydrogen (secondary N) is 7. The normalized spacial score (nSPS) is 18.1. The van der Waals surface area contributed by atoms with Gasteiger partial charge in [0.1, 0.15) is 6.04 Å². The summed E-state index contributed by atoms with van der Waals surface area (Å²) in [6, 6.07) is 4.14. The van der Waals surface area contributed by atoms with Crippen molar-refractivity contribution in [1.82, 2.24) is 31.9 Å². The van der Waals surface area contributed by atoms with Crippen molar-refractivity contribution in [3.05, 3.63) is 24.3 Å². The number of anilines is 1. The summed E-state index contributed by atoms with van der Waals surface area (Å²) in [4.78, 5) is 96.7. The summed E-state index contributed by atoms with van der Waals surface area (Å²) >= 11 is 1.68. The Morgan fingerprint density at radius 3 is 2.21 bits per heavy atom. The second kappa shape index (κ2) is 25.2. The zero-order chi connectivity index (χ0) is 40.9. The van der Waals surface area contributed by atoms with Crippen LogP contribution in [0.4, 0.5) is 15.3 Å². The van der Waals surface area contributed by atoms with Crippen molar-refractivity contribution in [2.75, 3.05) is 35.7 Å². The number of hydrogen-bond acceptors (Lipinski definition) is 11. The van der Waals surface area contributed by atoms with E-state index in [0.717, 1.165) is 49.6 Å². The minimum atomic E-state index is -1.44. The average Bonchev–Trinajstić information content (AvgIpc) is 3.72.